The molecule has 9 heteroatoms. The van der Waals surface area contributed by atoms with Crippen LogP contribution in [0.3, 0.4) is 0 Å². The summed E-state index contributed by atoms with van der Waals surface area (Å²) in [6.07, 6.45) is 6.26. The summed E-state index contributed by atoms with van der Waals surface area (Å²) in [4.78, 5) is 51.3. The highest BCUT2D eigenvalue weighted by atomic mass is 16.6. The van der Waals surface area contributed by atoms with Crippen LogP contribution in [0, 0.1) is 17.8 Å². The Kier molecular flexibility index (Phi) is 12.1. The van der Waals surface area contributed by atoms with Gasteiger partial charge in [-0.1, -0.05) is 63.4 Å². The molecule has 1 aromatic carbocycles. The average Bonchev–Trinajstić information content (AvgIpc) is 3.32. The molecule has 4 atom stereocenters. The van der Waals surface area contributed by atoms with Crippen LogP contribution in [0.1, 0.15) is 77.7 Å². The zero-order chi connectivity index (χ0) is 28.2. The topological polar surface area (TPSA) is 123 Å². The number of carbonyl (C=O) groups excluding carboxylic acids is 4. The van der Waals surface area contributed by atoms with E-state index in [1.54, 1.807) is 6.92 Å². The largest absolute Gasteiger partial charge is 0.464 e. The highest BCUT2D eigenvalue weighted by Crippen LogP contribution is 2.30. The van der Waals surface area contributed by atoms with Gasteiger partial charge in [0.2, 0.25) is 11.8 Å². The molecule has 1 aliphatic carbocycles. The van der Waals surface area contributed by atoms with Gasteiger partial charge in [-0.3, -0.25) is 9.59 Å². The van der Waals surface area contributed by atoms with Crippen molar-refractivity contribution in [3.63, 3.8) is 0 Å². The molecule has 0 spiro atoms. The fraction of sp³-hybridized carbons (Fsp3) is 0.667. The molecule has 0 radical (unpaired) electrons. The van der Waals surface area contributed by atoms with Crippen LogP contribution in [0.15, 0.2) is 30.3 Å². The molecule has 216 valence electrons. The first-order valence-electron chi connectivity index (χ1n) is 14.5. The fourth-order valence-corrected chi connectivity index (χ4v) is 5.56. The van der Waals surface area contributed by atoms with E-state index in [1.807, 2.05) is 44.2 Å². The Hall–Kier alpha value is -3.10. The van der Waals surface area contributed by atoms with Crippen LogP contribution in [0.25, 0.3) is 0 Å². The molecule has 0 bridgehead atoms. The van der Waals surface area contributed by atoms with Crippen LogP contribution in [0.4, 0.5) is 4.79 Å². The van der Waals surface area contributed by atoms with Crippen molar-refractivity contribution in [3.05, 3.63) is 35.9 Å². The number of benzene rings is 1. The van der Waals surface area contributed by atoms with Gasteiger partial charge in [0.1, 0.15) is 18.2 Å². The average molecular weight is 544 g/mol. The maximum Gasteiger partial charge on any atom is 0.408 e. The minimum absolute atomic E-state index is 0.0983. The second-order valence-electron chi connectivity index (χ2n) is 11.2. The summed E-state index contributed by atoms with van der Waals surface area (Å²) in [5, 5.41) is 8.29. The lowest BCUT2D eigenvalue weighted by atomic mass is 9.83. The molecule has 1 unspecified atom stereocenters. The van der Waals surface area contributed by atoms with E-state index in [2.05, 4.69) is 16.0 Å². The first-order valence-corrected chi connectivity index (χ1v) is 14.5. The summed E-state index contributed by atoms with van der Waals surface area (Å²) in [5.74, 6) is -1.22. The van der Waals surface area contributed by atoms with Crippen molar-refractivity contribution in [2.75, 3.05) is 13.2 Å². The lowest BCUT2D eigenvalue weighted by Crippen LogP contribution is -2.53. The molecular weight excluding hydrogens is 498 g/mol. The second-order valence-corrected chi connectivity index (χ2v) is 11.2. The second kappa shape index (κ2) is 15.5. The monoisotopic (exact) mass is 543 g/mol. The third kappa shape index (κ3) is 9.86. The summed E-state index contributed by atoms with van der Waals surface area (Å²) < 4.78 is 11.2. The van der Waals surface area contributed by atoms with Crippen molar-refractivity contribution in [1.29, 1.82) is 0 Å². The van der Waals surface area contributed by atoms with E-state index >= 15 is 0 Å². The van der Waals surface area contributed by atoms with E-state index in [9.17, 15) is 19.2 Å². The van der Waals surface area contributed by atoms with E-state index in [1.165, 1.54) is 6.42 Å². The van der Waals surface area contributed by atoms with Gasteiger partial charge in [0, 0.05) is 18.9 Å². The van der Waals surface area contributed by atoms with Gasteiger partial charge in [-0.25, -0.2) is 9.59 Å². The highest BCUT2D eigenvalue weighted by Gasteiger charge is 2.35. The number of amides is 3. The molecule has 0 aromatic heterocycles. The van der Waals surface area contributed by atoms with Crippen LogP contribution < -0.4 is 16.0 Å². The lowest BCUT2D eigenvalue weighted by Gasteiger charge is -2.31. The number of alkyl carbamates (subject to hydrolysis) is 1. The van der Waals surface area contributed by atoms with Gasteiger partial charge >= 0.3 is 12.1 Å². The molecule has 2 aliphatic rings. The summed E-state index contributed by atoms with van der Waals surface area (Å²) >= 11 is 0. The van der Waals surface area contributed by atoms with Crippen LogP contribution in [0.2, 0.25) is 0 Å². The Balaban J connectivity index is 1.68. The van der Waals surface area contributed by atoms with Gasteiger partial charge in [0.15, 0.2) is 0 Å². The number of hydrogen-bond donors (Lipinski definition) is 3. The minimum atomic E-state index is -0.980. The zero-order valence-electron chi connectivity index (χ0n) is 23.6. The summed E-state index contributed by atoms with van der Waals surface area (Å²) in [6.45, 7) is 6.31. The molecule has 1 aromatic rings. The Morgan fingerprint density at radius 3 is 2.33 bits per heavy atom. The molecule has 3 rings (SSSR count). The van der Waals surface area contributed by atoms with Gasteiger partial charge in [-0.15, -0.1) is 0 Å². The van der Waals surface area contributed by atoms with Crippen molar-refractivity contribution in [3.8, 4) is 0 Å². The van der Waals surface area contributed by atoms with Crippen molar-refractivity contribution in [1.82, 2.24) is 16.0 Å². The molecule has 1 saturated carbocycles. The molecular formula is C30H45N3O6. The molecule has 9 nitrogen and oxygen atoms in total. The highest BCUT2D eigenvalue weighted by molar-refractivity contribution is 5.90. The number of carbonyl (C=O) groups is 4. The van der Waals surface area contributed by atoms with Crippen molar-refractivity contribution in [2.24, 2.45) is 17.8 Å². The molecule has 3 amide bonds. The van der Waals surface area contributed by atoms with Crippen molar-refractivity contribution < 1.29 is 28.7 Å². The first kappa shape index (κ1) is 30.4. The number of rotatable bonds is 13. The smallest absolute Gasteiger partial charge is 0.408 e. The van der Waals surface area contributed by atoms with Gasteiger partial charge in [0.05, 0.1) is 6.61 Å². The van der Waals surface area contributed by atoms with Crippen molar-refractivity contribution >= 4 is 23.9 Å². The summed E-state index contributed by atoms with van der Waals surface area (Å²) in [7, 11) is 0. The zero-order valence-corrected chi connectivity index (χ0v) is 23.6. The van der Waals surface area contributed by atoms with E-state index in [0.29, 0.717) is 25.8 Å². The van der Waals surface area contributed by atoms with Crippen LogP contribution >= 0.6 is 0 Å². The van der Waals surface area contributed by atoms with Crippen LogP contribution in [0.5, 0.6) is 0 Å². The van der Waals surface area contributed by atoms with E-state index < -0.39 is 30.1 Å². The lowest BCUT2D eigenvalue weighted by molar-refractivity contribution is -0.148. The van der Waals surface area contributed by atoms with Crippen LogP contribution in [-0.4, -0.2) is 55.2 Å². The Bertz CT molecular complexity index is 947. The van der Waals surface area contributed by atoms with Gasteiger partial charge in [-0.05, 0) is 56.4 Å². The fourth-order valence-electron chi connectivity index (χ4n) is 5.56. The maximum atomic E-state index is 13.4. The molecule has 1 heterocycles. The first-order chi connectivity index (χ1) is 18.8. The summed E-state index contributed by atoms with van der Waals surface area (Å²) in [5.41, 5.74) is 1.10. The Labute approximate surface area is 232 Å². The predicted molar refractivity (Wildman–Crippen MR) is 148 cm³/mol. The Morgan fingerprint density at radius 2 is 1.72 bits per heavy atom. The third-order valence-corrected chi connectivity index (χ3v) is 7.60. The quantitative estimate of drug-likeness (QED) is 0.325. The molecule has 1 saturated heterocycles. The van der Waals surface area contributed by atoms with Gasteiger partial charge in [-0.2, -0.15) is 0 Å². The van der Waals surface area contributed by atoms with E-state index in [4.69, 9.17) is 9.47 Å². The third-order valence-electron chi connectivity index (χ3n) is 7.60. The van der Waals surface area contributed by atoms with E-state index in [0.717, 1.165) is 31.2 Å². The maximum absolute atomic E-state index is 13.4. The van der Waals surface area contributed by atoms with Crippen molar-refractivity contribution in [2.45, 2.75) is 96.7 Å². The van der Waals surface area contributed by atoms with Gasteiger partial charge in [0.25, 0.3) is 0 Å². The molecule has 1 aliphatic heterocycles. The molecule has 39 heavy (non-hydrogen) atoms. The minimum Gasteiger partial charge on any atom is -0.464 e. The molecule has 2 fully saturated rings. The number of nitrogens with one attached hydrogen (secondary N) is 3. The SMILES string of the molecule is CCOC(=O)[C@H](C[C@@H]1CCNC1=O)NC(=O)[C@H](CC(C)C)NC(=O)OC(Cc1ccccc1)C1CCCCC1. The number of ether oxygens (including phenoxy) is 2. The molecule has 3 N–H and O–H groups in total. The van der Waals surface area contributed by atoms with Gasteiger partial charge < -0.3 is 25.4 Å². The summed E-state index contributed by atoms with van der Waals surface area (Å²) in [6, 6.07) is 8.11. The van der Waals surface area contributed by atoms with E-state index in [-0.39, 0.29) is 42.8 Å². The van der Waals surface area contributed by atoms with Crippen LogP contribution in [-0.2, 0) is 30.3 Å². The number of esters is 1. The Morgan fingerprint density at radius 1 is 1.00 bits per heavy atom. The predicted octanol–water partition coefficient (Wildman–Crippen LogP) is 3.89. The normalized spacial score (nSPS) is 20.0. The number of hydrogen-bond acceptors (Lipinski definition) is 6. The standard InChI is InChI=1S/C30H45N3O6/c1-4-38-29(36)25(19-23-15-16-31-27(23)34)32-28(35)24(17-20(2)3)33-30(37)39-26(22-13-9-6-10-14-22)18-21-11-7-5-8-12-21/h5,7-8,11-12,20,22-26H,4,6,9-10,13-19H2,1-3H3,(H,31,34)(H,32,35)(H,33,37)/t23-,24-,25-,26?/m0/s1.